The fraction of sp³-hybridized carbons (Fsp3) is 0.111. The minimum atomic E-state index is -1.04. The quantitative estimate of drug-likeness (QED) is 0.704. The summed E-state index contributed by atoms with van der Waals surface area (Å²) in [6, 6.07) is 13.7. The zero-order valence-corrected chi connectivity index (χ0v) is 14.4. The lowest BCUT2D eigenvalue weighted by atomic mass is 10.0. The molecular formula is C18H14ClN3OS. The number of hydrogen-bond acceptors (Lipinski definition) is 4. The van der Waals surface area contributed by atoms with E-state index in [0.717, 1.165) is 21.7 Å². The number of aliphatic imine (C=N–C) groups is 1. The maximum Gasteiger partial charge on any atom is 0.205 e. The Hall–Kier alpha value is -2.08. The SMILES string of the molecule is CSc1ccc2c(c1)C(c1ccccc1Cl)=NC(O)c1nccn1-2. The van der Waals surface area contributed by atoms with Gasteiger partial charge in [-0.15, -0.1) is 11.8 Å². The lowest BCUT2D eigenvalue weighted by Gasteiger charge is -2.13. The predicted molar refractivity (Wildman–Crippen MR) is 97.4 cm³/mol. The number of imidazole rings is 1. The van der Waals surface area contributed by atoms with Crippen molar-refractivity contribution in [1.29, 1.82) is 0 Å². The van der Waals surface area contributed by atoms with E-state index in [4.69, 9.17) is 11.6 Å². The fourth-order valence-electron chi connectivity index (χ4n) is 2.87. The van der Waals surface area contributed by atoms with Gasteiger partial charge in [0, 0.05) is 33.4 Å². The number of thioether (sulfide) groups is 1. The Bertz CT molecular complexity index is 951. The molecule has 1 aliphatic rings. The van der Waals surface area contributed by atoms with Gasteiger partial charge < -0.3 is 5.11 Å². The fourth-order valence-corrected chi connectivity index (χ4v) is 3.53. The first kappa shape index (κ1) is 15.4. The molecule has 1 aliphatic heterocycles. The molecule has 0 saturated carbocycles. The number of nitrogens with zero attached hydrogens (tertiary/aromatic N) is 3. The minimum absolute atomic E-state index is 0.496. The first-order chi connectivity index (χ1) is 11.7. The molecule has 2 heterocycles. The second-order valence-electron chi connectivity index (χ2n) is 5.37. The lowest BCUT2D eigenvalue weighted by Crippen LogP contribution is -2.07. The molecule has 1 unspecified atom stereocenters. The van der Waals surface area contributed by atoms with Gasteiger partial charge in [0.25, 0.3) is 0 Å². The van der Waals surface area contributed by atoms with E-state index in [-0.39, 0.29) is 0 Å². The molecule has 3 aromatic rings. The molecule has 0 spiro atoms. The summed E-state index contributed by atoms with van der Waals surface area (Å²) < 4.78 is 1.87. The zero-order valence-electron chi connectivity index (χ0n) is 12.8. The van der Waals surface area contributed by atoms with Gasteiger partial charge in [-0.2, -0.15) is 0 Å². The summed E-state index contributed by atoms with van der Waals surface area (Å²) in [6.07, 6.45) is 4.49. The Morgan fingerprint density at radius 2 is 2.00 bits per heavy atom. The normalized spacial score (nSPS) is 16.1. The van der Waals surface area contributed by atoms with Crippen LogP contribution in [0, 0.1) is 0 Å². The number of aliphatic hydroxyl groups is 1. The number of aliphatic hydroxyl groups excluding tert-OH is 1. The Labute approximate surface area is 148 Å². The Morgan fingerprint density at radius 3 is 2.79 bits per heavy atom. The third-order valence-corrected chi connectivity index (χ3v) is 5.05. The van der Waals surface area contributed by atoms with Crippen LogP contribution in [0.25, 0.3) is 5.69 Å². The predicted octanol–water partition coefficient (Wildman–Crippen LogP) is 4.09. The molecule has 0 radical (unpaired) electrons. The first-order valence-electron chi connectivity index (χ1n) is 7.42. The van der Waals surface area contributed by atoms with Crippen molar-refractivity contribution in [3.63, 3.8) is 0 Å². The van der Waals surface area contributed by atoms with Crippen LogP contribution in [0.2, 0.25) is 5.02 Å². The van der Waals surface area contributed by atoms with Crippen molar-refractivity contribution in [2.75, 3.05) is 6.26 Å². The van der Waals surface area contributed by atoms with Gasteiger partial charge in [-0.1, -0.05) is 29.8 Å². The Morgan fingerprint density at radius 1 is 1.17 bits per heavy atom. The van der Waals surface area contributed by atoms with Gasteiger partial charge in [-0.25, -0.2) is 9.98 Å². The molecular weight excluding hydrogens is 342 g/mol. The summed E-state index contributed by atoms with van der Waals surface area (Å²) in [7, 11) is 0. The summed E-state index contributed by atoms with van der Waals surface area (Å²) in [5.74, 6) is 0.496. The highest BCUT2D eigenvalue weighted by Gasteiger charge is 2.25. The summed E-state index contributed by atoms with van der Waals surface area (Å²) in [6.45, 7) is 0. The zero-order chi connectivity index (χ0) is 16.7. The van der Waals surface area contributed by atoms with Crippen molar-refractivity contribution in [1.82, 2.24) is 9.55 Å². The van der Waals surface area contributed by atoms with Gasteiger partial charge in [-0.05, 0) is 30.5 Å². The molecule has 0 fully saturated rings. The second kappa shape index (κ2) is 6.09. The standard InChI is InChI=1S/C18H14ClN3OS/c1-24-11-6-7-15-13(10-11)16(12-4-2-3-5-14(12)19)21-18(23)17-20-8-9-22(15)17/h2-10,18,23H,1H3. The number of aromatic nitrogens is 2. The smallest absolute Gasteiger partial charge is 0.205 e. The molecule has 2 aromatic carbocycles. The van der Waals surface area contributed by atoms with Crippen LogP contribution in [0.5, 0.6) is 0 Å². The Kier molecular flexibility index (Phi) is 3.92. The average Bonchev–Trinajstić information content (AvgIpc) is 3.05. The number of rotatable bonds is 2. The summed E-state index contributed by atoms with van der Waals surface area (Å²) in [5, 5.41) is 11.1. The van der Waals surface area contributed by atoms with E-state index in [1.54, 1.807) is 18.0 Å². The van der Waals surface area contributed by atoms with Crippen molar-refractivity contribution >= 4 is 29.1 Å². The molecule has 6 heteroatoms. The summed E-state index contributed by atoms with van der Waals surface area (Å²) in [5.41, 5.74) is 3.31. The third kappa shape index (κ3) is 2.45. The molecule has 0 amide bonds. The maximum atomic E-state index is 10.5. The average molecular weight is 356 g/mol. The molecule has 0 aliphatic carbocycles. The van der Waals surface area contributed by atoms with E-state index >= 15 is 0 Å². The van der Waals surface area contributed by atoms with E-state index in [1.165, 1.54) is 0 Å². The van der Waals surface area contributed by atoms with Crippen LogP contribution < -0.4 is 0 Å². The minimum Gasteiger partial charge on any atom is -0.365 e. The monoisotopic (exact) mass is 355 g/mol. The van der Waals surface area contributed by atoms with Crippen LogP contribution in [0.15, 0.2) is 64.7 Å². The van der Waals surface area contributed by atoms with Gasteiger partial charge >= 0.3 is 0 Å². The highest BCUT2D eigenvalue weighted by molar-refractivity contribution is 7.98. The van der Waals surface area contributed by atoms with Gasteiger partial charge in [-0.3, -0.25) is 4.57 Å². The van der Waals surface area contributed by atoms with Crippen molar-refractivity contribution in [3.8, 4) is 5.69 Å². The van der Waals surface area contributed by atoms with E-state index in [2.05, 4.69) is 22.1 Å². The van der Waals surface area contributed by atoms with Crippen LogP contribution in [-0.2, 0) is 0 Å². The Balaban J connectivity index is 2.04. The number of hydrogen-bond donors (Lipinski definition) is 1. The maximum absolute atomic E-state index is 10.5. The number of benzene rings is 2. The van der Waals surface area contributed by atoms with Crippen LogP contribution >= 0.6 is 23.4 Å². The van der Waals surface area contributed by atoms with Gasteiger partial charge in [0.1, 0.15) is 0 Å². The molecule has 0 bridgehead atoms. The molecule has 4 rings (SSSR count). The molecule has 120 valence electrons. The molecule has 24 heavy (non-hydrogen) atoms. The second-order valence-corrected chi connectivity index (χ2v) is 6.66. The van der Waals surface area contributed by atoms with E-state index in [9.17, 15) is 5.11 Å². The number of fused-ring (bicyclic) bond motifs is 3. The van der Waals surface area contributed by atoms with Gasteiger partial charge in [0.15, 0.2) is 5.82 Å². The van der Waals surface area contributed by atoms with Gasteiger partial charge in [0.2, 0.25) is 6.23 Å². The largest absolute Gasteiger partial charge is 0.365 e. The van der Waals surface area contributed by atoms with Crippen molar-refractivity contribution in [2.24, 2.45) is 4.99 Å². The van der Waals surface area contributed by atoms with E-state index < -0.39 is 6.23 Å². The molecule has 1 aromatic heterocycles. The first-order valence-corrected chi connectivity index (χ1v) is 9.02. The highest BCUT2D eigenvalue weighted by Crippen LogP contribution is 2.32. The molecule has 4 nitrogen and oxygen atoms in total. The highest BCUT2D eigenvalue weighted by atomic mass is 35.5. The van der Waals surface area contributed by atoms with Crippen molar-refractivity contribution < 1.29 is 5.11 Å². The van der Waals surface area contributed by atoms with Crippen molar-refractivity contribution in [3.05, 3.63) is 76.8 Å². The van der Waals surface area contributed by atoms with E-state index in [0.29, 0.717) is 16.6 Å². The lowest BCUT2D eigenvalue weighted by molar-refractivity contribution is 0.177. The van der Waals surface area contributed by atoms with Crippen LogP contribution in [0.1, 0.15) is 23.2 Å². The molecule has 0 saturated heterocycles. The van der Waals surface area contributed by atoms with E-state index in [1.807, 2.05) is 47.4 Å². The number of halogens is 1. The van der Waals surface area contributed by atoms with Crippen molar-refractivity contribution in [2.45, 2.75) is 11.1 Å². The van der Waals surface area contributed by atoms with Gasteiger partial charge in [0.05, 0.1) is 11.4 Å². The summed E-state index contributed by atoms with van der Waals surface area (Å²) >= 11 is 8.05. The molecule has 1 N–H and O–H groups in total. The third-order valence-electron chi connectivity index (χ3n) is 4.00. The van der Waals surface area contributed by atoms with Crippen LogP contribution in [0.3, 0.4) is 0 Å². The topological polar surface area (TPSA) is 50.4 Å². The van der Waals surface area contributed by atoms with Crippen LogP contribution in [0.4, 0.5) is 0 Å². The summed E-state index contributed by atoms with van der Waals surface area (Å²) in [4.78, 5) is 9.91. The van der Waals surface area contributed by atoms with Crippen LogP contribution in [-0.4, -0.2) is 26.6 Å². The molecule has 1 atom stereocenters.